The summed E-state index contributed by atoms with van der Waals surface area (Å²) in [5, 5.41) is 17.5. The number of amides is 2. The number of aromatic amines is 2. The van der Waals surface area contributed by atoms with Crippen LogP contribution in [-0.4, -0.2) is 127 Å². The Morgan fingerprint density at radius 1 is 0.833 bits per heavy atom. The van der Waals surface area contributed by atoms with Gasteiger partial charge in [0, 0.05) is 43.8 Å². The predicted molar refractivity (Wildman–Crippen MR) is 334 cm³/mol. The van der Waals surface area contributed by atoms with Crippen molar-refractivity contribution in [3.05, 3.63) is 168 Å². The first-order chi connectivity index (χ1) is 43.2. The van der Waals surface area contributed by atoms with Crippen LogP contribution in [0.25, 0.3) is 0 Å². The summed E-state index contributed by atoms with van der Waals surface area (Å²) in [6.07, 6.45) is -5.09. The normalized spacial score (nSPS) is 19.3. The lowest BCUT2D eigenvalue weighted by atomic mass is 9.80. The average molecular weight is 1280 g/mol. The van der Waals surface area contributed by atoms with E-state index in [0.29, 0.717) is 28.4 Å². The van der Waals surface area contributed by atoms with Crippen molar-refractivity contribution in [2.45, 2.75) is 128 Å². The smallest absolute Gasteiger partial charge is 0.474 e. The largest absolute Gasteiger partial charge is 0.497 e. The van der Waals surface area contributed by atoms with Gasteiger partial charge in [0.25, 0.3) is 25.6 Å². The second kappa shape index (κ2) is 31.4. The molecule has 2 unspecified atom stereocenters. The first kappa shape index (κ1) is 68.3. The van der Waals surface area contributed by atoms with Crippen molar-refractivity contribution in [2.75, 3.05) is 63.7 Å². The molecule has 4 aromatic carbocycles. The number of benzene rings is 4. The van der Waals surface area contributed by atoms with E-state index in [1.54, 1.807) is 26.4 Å². The molecule has 0 aliphatic carbocycles. The molecule has 482 valence electrons. The fraction of sp³-hybridized carbons (Fsp3) is 0.435. The lowest BCUT2D eigenvalue weighted by Gasteiger charge is -2.37. The van der Waals surface area contributed by atoms with Gasteiger partial charge in [0.2, 0.25) is 12.4 Å². The van der Waals surface area contributed by atoms with Gasteiger partial charge in [-0.3, -0.25) is 52.6 Å². The summed E-state index contributed by atoms with van der Waals surface area (Å²) >= 11 is 0. The molecule has 0 saturated carbocycles. The third-order valence-electron chi connectivity index (χ3n) is 14.8. The number of aromatic nitrogens is 4. The SMILES string of the molecule is COc1ccc(C(OC[C@H]2O[C@@H](n3cc(C)c(=O)[nH]c3=O)C[C@@H]2OP(=O)(OC)OC[C@H]2O[C@H](Nc3nc(NC(=O)COc4ccc(C(C)C)cc4)[nH]c(=O)c3NC=O)C[C@@H]2OP(OCCC#N)N(C(C)C)C(C)C)(c2ccccc2)c2ccc(OC)cc2)cc1. The summed E-state index contributed by atoms with van der Waals surface area (Å²) in [5.74, 6) is 0.766. The minimum absolute atomic E-state index is 0.0206. The van der Waals surface area contributed by atoms with E-state index in [0.717, 1.165) is 18.2 Å². The van der Waals surface area contributed by atoms with E-state index in [2.05, 4.69) is 50.8 Å². The third-order valence-corrected chi connectivity index (χ3v) is 18.4. The molecule has 26 nitrogen and oxygen atoms in total. The van der Waals surface area contributed by atoms with E-state index < -0.39 is 94.8 Å². The van der Waals surface area contributed by atoms with Gasteiger partial charge in [-0.15, -0.1) is 0 Å². The van der Waals surface area contributed by atoms with E-state index in [4.69, 9.17) is 51.0 Å². The molecule has 2 aliphatic rings. The number of nitrogens with zero attached hydrogens (tertiary/aromatic N) is 4. The number of carbonyl (C=O) groups excluding carboxylic acids is 2. The van der Waals surface area contributed by atoms with Crippen molar-refractivity contribution < 1.29 is 65.2 Å². The number of nitrogens with one attached hydrogen (secondary N) is 5. The number of ether oxygens (including phenoxy) is 6. The molecular weight excluding hydrogens is 1200 g/mol. The number of phosphoric acid groups is 1. The van der Waals surface area contributed by atoms with Crippen LogP contribution in [0.3, 0.4) is 0 Å². The molecule has 8 atom stereocenters. The van der Waals surface area contributed by atoms with Gasteiger partial charge in [0.05, 0.1) is 52.6 Å². The van der Waals surface area contributed by atoms with Crippen molar-refractivity contribution in [3.63, 3.8) is 0 Å². The monoisotopic (exact) mass is 1280 g/mol. The summed E-state index contributed by atoms with van der Waals surface area (Å²) in [4.78, 5) is 74.1. The number of hydrogen-bond donors (Lipinski definition) is 5. The van der Waals surface area contributed by atoms with Gasteiger partial charge in [-0.05, 0) is 99.2 Å². The second-order valence-corrected chi connectivity index (χ2v) is 25.1. The van der Waals surface area contributed by atoms with Gasteiger partial charge < -0.3 is 48.1 Å². The van der Waals surface area contributed by atoms with Crippen LogP contribution >= 0.6 is 16.3 Å². The summed E-state index contributed by atoms with van der Waals surface area (Å²) in [7, 11) is -2.41. The van der Waals surface area contributed by atoms with E-state index in [-0.39, 0.29) is 79.9 Å². The van der Waals surface area contributed by atoms with Crippen molar-refractivity contribution in [1.29, 1.82) is 5.26 Å². The number of carbonyl (C=O) groups is 2. The van der Waals surface area contributed by atoms with Crippen molar-refractivity contribution >= 4 is 46.1 Å². The number of anilines is 3. The van der Waals surface area contributed by atoms with Crippen LogP contribution in [0.4, 0.5) is 17.5 Å². The standard InChI is InChI=1S/C62H77N9O17P2/c1-38(2)42-17-23-48(24-18-42)81-36-53(73)65-60-67-57(56(64-37-72)59(75)68-60)66-54-31-49(87-89(83-30-14-29-63)71(39(3)4)40(5)6)52(85-54)35-84-90(77,80-10)88-50-32-55(70-33-41(7)58(74)69-61(70)76)86-51(50)34-82-62(43-15-12-11-13-16-43,44-19-25-46(78-8)26-20-44)45-21-27-47(79-9)28-22-45/h11-13,15-28,33,37-40,49-52,54-55H,14,30-32,34-36H2,1-10H3,(H,64,72)(H,69,74,76)(H3,65,66,67,68,73,75)/t49-,50-,51+,52+,54-,55+,89?,90?/m0/s1. The number of hydrogen-bond acceptors (Lipinski definition) is 21. The molecule has 6 aromatic rings. The van der Waals surface area contributed by atoms with E-state index in [1.807, 2.05) is 123 Å². The quantitative estimate of drug-likeness (QED) is 0.0114. The summed E-state index contributed by atoms with van der Waals surface area (Å²) in [5.41, 5.74) is -0.470. The molecule has 2 amide bonds. The molecule has 4 heterocycles. The maximum Gasteiger partial charge on any atom is 0.474 e. The van der Waals surface area contributed by atoms with Crippen molar-refractivity contribution in [2.24, 2.45) is 0 Å². The summed E-state index contributed by atoms with van der Waals surface area (Å²) in [6.45, 7) is 12.3. The zero-order valence-electron chi connectivity index (χ0n) is 51.7. The Balaban J connectivity index is 1.10. The third kappa shape index (κ3) is 16.8. The summed E-state index contributed by atoms with van der Waals surface area (Å²) in [6, 6.07) is 33.4. The molecule has 0 radical (unpaired) electrons. The predicted octanol–water partition coefficient (Wildman–Crippen LogP) is 9.00. The summed E-state index contributed by atoms with van der Waals surface area (Å²) < 4.78 is 87.1. The number of nitriles is 1. The Kier molecular flexibility index (Phi) is 23.8. The van der Waals surface area contributed by atoms with E-state index in [9.17, 15) is 29.2 Å². The molecule has 8 rings (SSSR count). The van der Waals surface area contributed by atoms with E-state index in [1.165, 1.54) is 17.7 Å². The van der Waals surface area contributed by atoms with Crippen LogP contribution in [-0.2, 0) is 56.6 Å². The Morgan fingerprint density at radius 2 is 1.46 bits per heavy atom. The highest BCUT2D eigenvalue weighted by atomic mass is 31.2. The van der Waals surface area contributed by atoms with Crippen LogP contribution in [0.5, 0.6) is 17.2 Å². The number of rotatable bonds is 32. The fourth-order valence-electron chi connectivity index (χ4n) is 10.4. The number of methoxy groups -OCH3 is 2. The number of phosphoric ester groups is 1. The van der Waals surface area contributed by atoms with Gasteiger partial charge >= 0.3 is 13.5 Å². The van der Waals surface area contributed by atoms with Crippen LogP contribution in [0, 0.1) is 18.3 Å². The number of aryl methyl sites for hydroxylation is 1. The maximum absolute atomic E-state index is 15.2. The molecule has 90 heavy (non-hydrogen) atoms. The molecular formula is C62H77N9O17P2. The number of H-pyrrole nitrogens is 2. The molecule has 0 bridgehead atoms. The van der Waals surface area contributed by atoms with Gasteiger partial charge in [-0.25, -0.2) is 14.0 Å². The highest BCUT2D eigenvalue weighted by Gasteiger charge is 2.48. The topological polar surface area (TPSA) is 316 Å². The minimum Gasteiger partial charge on any atom is -0.497 e. The molecule has 2 saturated heterocycles. The lowest BCUT2D eigenvalue weighted by molar-refractivity contribution is -0.118. The maximum atomic E-state index is 15.2. The Hall–Kier alpha value is -7.63. The van der Waals surface area contributed by atoms with Crippen LogP contribution in [0.2, 0.25) is 0 Å². The Bertz CT molecular complexity index is 3570. The molecule has 5 N–H and O–H groups in total. The average Bonchev–Trinajstić information content (AvgIpc) is 0.848. The molecule has 2 aromatic heterocycles. The molecule has 28 heteroatoms. The van der Waals surface area contributed by atoms with Gasteiger partial charge in [0.1, 0.15) is 59.3 Å². The Labute approximate surface area is 522 Å². The highest BCUT2D eigenvalue weighted by Crippen LogP contribution is 2.55. The van der Waals surface area contributed by atoms with Gasteiger partial charge in [-0.1, -0.05) is 80.6 Å². The molecule has 0 spiro atoms. The Morgan fingerprint density at radius 3 is 2.04 bits per heavy atom. The van der Waals surface area contributed by atoms with Gasteiger partial charge in [-0.2, -0.15) is 10.2 Å². The van der Waals surface area contributed by atoms with Gasteiger partial charge in [0.15, 0.2) is 12.4 Å². The molecule has 2 fully saturated rings. The molecule has 2 aliphatic heterocycles. The highest BCUT2D eigenvalue weighted by molar-refractivity contribution is 7.48. The minimum atomic E-state index is -4.73. The second-order valence-electron chi connectivity index (χ2n) is 21.9. The lowest BCUT2D eigenvalue weighted by Crippen LogP contribution is -2.38. The van der Waals surface area contributed by atoms with Crippen LogP contribution < -0.4 is 47.0 Å². The fourth-order valence-corrected chi connectivity index (χ4v) is 13.3. The van der Waals surface area contributed by atoms with Crippen LogP contribution in [0.1, 0.15) is 101 Å². The van der Waals surface area contributed by atoms with Crippen molar-refractivity contribution in [1.82, 2.24) is 24.2 Å². The zero-order chi connectivity index (χ0) is 64.7. The van der Waals surface area contributed by atoms with Crippen LogP contribution in [0.15, 0.2) is 124 Å². The van der Waals surface area contributed by atoms with E-state index >= 15 is 4.57 Å². The first-order valence-corrected chi connectivity index (χ1v) is 31.8. The zero-order valence-corrected chi connectivity index (χ0v) is 53.5. The van der Waals surface area contributed by atoms with Crippen molar-refractivity contribution in [3.8, 4) is 23.3 Å². The first-order valence-electron chi connectivity index (χ1n) is 29.2.